The minimum Gasteiger partial charge on any atom is -0.479 e. The van der Waals surface area contributed by atoms with Crippen molar-refractivity contribution >= 4 is 28.1 Å². The van der Waals surface area contributed by atoms with Crippen molar-refractivity contribution in [2.24, 2.45) is 10.9 Å². The lowest BCUT2D eigenvalue weighted by molar-refractivity contribution is -0.146. The lowest BCUT2D eigenvalue weighted by atomic mass is 9.72. The lowest BCUT2D eigenvalue weighted by Gasteiger charge is -2.39. The van der Waals surface area contributed by atoms with Gasteiger partial charge in [-0.2, -0.15) is 26.3 Å². The summed E-state index contributed by atoms with van der Waals surface area (Å²) in [6.07, 6.45) is -4.38. The Hall–Kier alpha value is -1.58. The van der Waals surface area contributed by atoms with Gasteiger partial charge in [0.25, 0.3) is 0 Å². The molecule has 1 aliphatic rings. The molecule has 2 atom stereocenters. The average Bonchev–Trinajstić information content (AvgIpc) is 2.67. The third-order valence-corrected chi connectivity index (χ3v) is 6.78. The summed E-state index contributed by atoms with van der Waals surface area (Å²) in [7, 11) is 0. The van der Waals surface area contributed by atoms with Crippen LogP contribution in [0, 0.1) is 5.92 Å². The second-order valence-corrected chi connectivity index (χ2v) is 8.92. The van der Waals surface area contributed by atoms with E-state index < -0.39 is 45.4 Å². The van der Waals surface area contributed by atoms with Crippen LogP contribution in [0.4, 0.5) is 26.3 Å². The Labute approximate surface area is 185 Å². The van der Waals surface area contributed by atoms with Crippen LogP contribution in [0.3, 0.4) is 0 Å². The number of carboxylic acids is 1. The molecule has 1 aromatic carbocycles. The van der Waals surface area contributed by atoms with Crippen LogP contribution in [-0.4, -0.2) is 27.7 Å². The van der Waals surface area contributed by atoms with Gasteiger partial charge in [-0.15, -0.1) is 0 Å². The van der Waals surface area contributed by atoms with Crippen molar-refractivity contribution in [3.05, 3.63) is 34.9 Å². The van der Waals surface area contributed by atoms with E-state index in [4.69, 9.17) is 0 Å². The van der Waals surface area contributed by atoms with Crippen molar-refractivity contribution < 1.29 is 36.2 Å². The van der Waals surface area contributed by atoms with Crippen LogP contribution < -0.4 is 0 Å². The molecule has 0 spiro atoms. The smallest absolute Gasteiger partial charge is 0.416 e. The summed E-state index contributed by atoms with van der Waals surface area (Å²) >= 11 is 3.41. The molecule has 0 aliphatic heterocycles. The van der Waals surface area contributed by atoms with E-state index in [9.17, 15) is 36.2 Å². The van der Waals surface area contributed by atoms with Gasteiger partial charge in [0.05, 0.1) is 16.0 Å². The number of benzene rings is 1. The number of aliphatic carboxylic acids is 1. The summed E-state index contributed by atoms with van der Waals surface area (Å²) in [6.45, 7) is 1.86. The maximum atomic E-state index is 13.1. The molecule has 0 heterocycles. The predicted octanol–water partition coefficient (Wildman–Crippen LogP) is 7.11. The normalized spacial score (nSPS) is 19.4. The topological polar surface area (TPSA) is 49.7 Å². The van der Waals surface area contributed by atoms with Crippen molar-refractivity contribution in [3.63, 3.8) is 0 Å². The Balaban J connectivity index is 2.60. The van der Waals surface area contributed by atoms with Crippen molar-refractivity contribution in [1.82, 2.24) is 0 Å². The third kappa shape index (κ3) is 6.02. The minimum absolute atomic E-state index is 0.0350. The molecule has 0 amide bonds. The number of hydrogen-bond acceptors (Lipinski definition) is 2. The molecule has 174 valence electrons. The van der Waals surface area contributed by atoms with Gasteiger partial charge in [0, 0.05) is 6.21 Å². The monoisotopic (exact) mass is 515 g/mol. The van der Waals surface area contributed by atoms with Gasteiger partial charge in [0.1, 0.15) is 0 Å². The van der Waals surface area contributed by atoms with E-state index in [0.29, 0.717) is 37.8 Å². The minimum atomic E-state index is -4.99. The number of rotatable bonds is 7. The Morgan fingerprint density at radius 3 is 2.03 bits per heavy atom. The van der Waals surface area contributed by atoms with Crippen molar-refractivity contribution in [3.8, 4) is 0 Å². The standard InChI is InChI=1S/C21H24BrF6NO2/c1-2-6-17(22)19(18(30)31,14-7-4-3-5-8-14)29-12-13-9-15(20(23,24)25)11-16(10-13)21(26,27)28/h9-12,14,17H,2-8H2,1H3,(H,30,31). The highest BCUT2D eigenvalue weighted by Gasteiger charge is 2.50. The molecule has 1 fully saturated rings. The molecule has 31 heavy (non-hydrogen) atoms. The van der Waals surface area contributed by atoms with E-state index in [0.717, 1.165) is 25.5 Å². The summed E-state index contributed by atoms with van der Waals surface area (Å²) < 4.78 is 78.9. The number of halogens is 7. The summed E-state index contributed by atoms with van der Waals surface area (Å²) in [6, 6.07) is 1.14. The van der Waals surface area contributed by atoms with E-state index in [-0.39, 0.29) is 12.0 Å². The molecule has 0 aromatic heterocycles. The summed E-state index contributed by atoms with van der Waals surface area (Å²) in [5, 5.41) is 10.1. The Morgan fingerprint density at radius 1 is 1.10 bits per heavy atom. The molecule has 1 aromatic rings. The number of carboxylic acid groups (broad SMARTS) is 1. The van der Waals surface area contributed by atoms with Gasteiger partial charge in [-0.3, -0.25) is 4.99 Å². The average molecular weight is 516 g/mol. The van der Waals surface area contributed by atoms with E-state index in [1.165, 1.54) is 0 Å². The molecule has 0 bridgehead atoms. The third-order valence-electron chi connectivity index (χ3n) is 5.63. The van der Waals surface area contributed by atoms with Gasteiger partial charge >= 0.3 is 18.3 Å². The van der Waals surface area contributed by atoms with Crippen molar-refractivity contribution in [2.45, 2.75) is 74.6 Å². The van der Waals surface area contributed by atoms with Gasteiger partial charge in [0.2, 0.25) is 0 Å². The van der Waals surface area contributed by atoms with Crippen LogP contribution in [0.25, 0.3) is 0 Å². The first-order valence-electron chi connectivity index (χ1n) is 10.0. The first-order chi connectivity index (χ1) is 14.3. The maximum Gasteiger partial charge on any atom is 0.416 e. The van der Waals surface area contributed by atoms with Crippen LogP contribution in [0.5, 0.6) is 0 Å². The largest absolute Gasteiger partial charge is 0.479 e. The number of hydrogen-bond donors (Lipinski definition) is 1. The lowest BCUT2D eigenvalue weighted by Crippen LogP contribution is -2.52. The van der Waals surface area contributed by atoms with E-state index >= 15 is 0 Å². The quantitative estimate of drug-likeness (QED) is 0.239. The first-order valence-corrected chi connectivity index (χ1v) is 11.0. The second-order valence-electron chi connectivity index (χ2n) is 7.82. The van der Waals surface area contributed by atoms with Crippen LogP contribution in [0.15, 0.2) is 23.2 Å². The first kappa shape index (κ1) is 25.7. The SMILES string of the molecule is CCCC(Br)C(N=Cc1cc(C(F)(F)F)cc(C(F)(F)F)c1)(C(=O)O)C1CCCCC1. The molecule has 1 saturated carbocycles. The van der Waals surface area contributed by atoms with Gasteiger partial charge in [-0.25, -0.2) is 4.79 Å². The molecule has 0 radical (unpaired) electrons. The highest BCUT2D eigenvalue weighted by Crippen LogP contribution is 2.42. The number of alkyl halides is 7. The second kappa shape index (κ2) is 9.92. The number of carbonyl (C=O) groups is 1. The fourth-order valence-electron chi connectivity index (χ4n) is 4.06. The van der Waals surface area contributed by atoms with Gasteiger partial charge < -0.3 is 5.11 Å². The van der Waals surface area contributed by atoms with E-state index in [1.807, 2.05) is 6.92 Å². The van der Waals surface area contributed by atoms with Crippen LogP contribution >= 0.6 is 15.9 Å². The van der Waals surface area contributed by atoms with E-state index in [1.54, 1.807) is 0 Å². The molecule has 2 rings (SSSR count). The summed E-state index contributed by atoms with van der Waals surface area (Å²) in [5.41, 5.74) is -5.05. The molecular formula is C21H24BrF6NO2. The van der Waals surface area contributed by atoms with Crippen LogP contribution in [0.2, 0.25) is 0 Å². The Morgan fingerprint density at radius 2 is 1.61 bits per heavy atom. The maximum absolute atomic E-state index is 13.1. The summed E-state index contributed by atoms with van der Waals surface area (Å²) in [4.78, 5) is 16.0. The van der Waals surface area contributed by atoms with E-state index in [2.05, 4.69) is 20.9 Å². The van der Waals surface area contributed by atoms with Gasteiger partial charge in [-0.1, -0.05) is 48.5 Å². The Kier molecular flexibility index (Phi) is 8.21. The highest BCUT2D eigenvalue weighted by molar-refractivity contribution is 9.09. The van der Waals surface area contributed by atoms with Gasteiger partial charge in [-0.05, 0) is 48.9 Å². The molecule has 2 unspecified atom stereocenters. The van der Waals surface area contributed by atoms with Crippen LogP contribution in [0.1, 0.15) is 68.6 Å². The number of nitrogens with zero attached hydrogens (tertiary/aromatic N) is 1. The van der Waals surface area contributed by atoms with Crippen molar-refractivity contribution in [2.75, 3.05) is 0 Å². The molecule has 0 saturated heterocycles. The van der Waals surface area contributed by atoms with Crippen LogP contribution in [-0.2, 0) is 17.1 Å². The molecule has 1 aliphatic carbocycles. The molecule has 3 nitrogen and oxygen atoms in total. The fraction of sp³-hybridized carbons (Fsp3) is 0.619. The summed E-state index contributed by atoms with van der Waals surface area (Å²) in [5.74, 6) is -1.62. The zero-order chi connectivity index (χ0) is 23.4. The number of aliphatic imine (C=N–C) groups is 1. The van der Waals surface area contributed by atoms with Crippen molar-refractivity contribution in [1.29, 1.82) is 0 Å². The molecule has 1 N–H and O–H groups in total. The fourth-order valence-corrected chi connectivity index (χ4v) is 5.20. The zero-order valence-corrected chi connectivity index (χ0v) is 18.4. The van der Waals surface area contributed by atoms with Gasteiger partial charge in [0.15, 0.2) is 5.54 Å². The highest BCUT2D eigenvalue weighted by atomic mass is 79.9. The molecular weight excluding hydrogens is 492 g/mol. The molecule has 10 heteroatoms. The zero-order valence-electron chi connectivity index (χ0n) is 16.9. The predicted molar refractivity (Wildman–Crippen MR) is 109 cm³/mol. The Bertz CT molecular complexity index is 770.